The van der Waals surface area contributed by atoms with Gasteiger partial charge in [0.25, 0.3) is 0 Å². The Labute approximate surface area is 135 Å². The molecule has 0 amide bonds. The summed E-state index contributed by atoms with van der Waals surface area (Å²) >= 11 is 12.5. The lowest BCUT2D eigenvalue weighted by Crippen LogP contribution is -2.34. The molecule has 1 aromatic heterocycles. The summed E-state index contributed by atoms with van der Waals surface area (Å²) in [4.78, 5) is 7.17. The highest BCUT2D eigenvalue weighted by atomic mass is 35.5. The smallest absolute Gasteiger partial charge is 0.125 e. The maximum absolute atomic E-state index is 6.40. The molecule has 114 valence electrons. The highest BCUT2D eigenvalue weighted by Crippen LogP contribution is 2.29. The minimum atomic E-state index is 0.321. The fourth-order valence-electron chi connectivity index (χ4n) is 3.32. The predicted molar refractivity (Wildman–Crippen MR) is 89.3 cm³/mol. The van der Waals surface area contributed by atoms with Crippen LogP contribution in [0.2, 0.25) is 5.02 Å². The molecule has 2 aromatic rings. The van der Waals surface area contributed by atoms with Gasteiger partial charge in [-0.05, 0) is 45.0 Å². The van der Waals surface area contributed by atoms with Gasteiger partial charge in [0.15, 0.2) is 0 Å². The lowest BCUT2D eigenvalue weighted by atomic mass is 10.1. The van der Waals surface area contributed by atoms with Gasteiger partial charge < -0.3 is 9.47 Å². The van der Waals surface area contributed by atoms with Crippen molar-refractivity contribution in [1.82, 2.24) is 14.5 Å². The van der Waals surface area contributed by atoms with Crippen molar-refractivity contribution in [3.63, 3.8) is 0 Å². The Morgan fingerprint density at radius 3 is 2.71 bits per heavy atom. The molecular weight excluding hydrogens is 305 g/mol. The van der Waals surface area contributed by atoms with Crippen molar-refractivity contribution in [3.8, 4) is 0 Å². The number of rotatable bonds is 4. The molecule has 5 heteroatoms. The molecule has 1 aromatic carbocycles. The SMILES string of the molecule is CC(CN1CCCCC1)n1c(CCl)nc2cccc(Cl)c21. The number of halogens is 2. The van der Waals surface area contributed by atoms with Crippen LogP contribution in [0.15, 0.2) is 18.2 Å². The van der Waals surface area contributed by atoms with Gasteiger partial charge in [-0.25, -0.2) is 4.98 Å². The lowest BCUT2D eigenvalue weighted by Gasteiger charge is -2.30. The third-order valence-corrected chi connectivity index (χ3v) is 4.81. The van der Waals surface area contributed by atoms with Crippen LogP contribution in [0.4, 0.5) is 0 Å². The monoisotopic (exact) mass is 325 g/mol. The lowest BCUT2D eigenvalue weighted by molar-refractivity contribution is 0.202. The molecule has 3 nitrogen and oxygen atoms in total. The molecule has 1 fully saturated rings. The maximum Gasteiger partial charge on any atom is 0.125 e. The number of imidazole rings is 1. The minimum Gasteiger partial charge on any atom is -0.322 e. The average molecular weight is 326 g/mol. The number of hydrogen-bond acceptors (Lipinski definition) is 2. The highest BCUT2D eigenvalue weighted by Gasteiger charge is 2.20. The van der Waals surface area contributed by atoms with E-state index in [1.807, 2.05) is 18.2 Å². The van der Waals surface area contributed by atoms with E-state index in [1.165, 1.54) is 32.4 Å². The molecule has 1 unspecified atom stereocenters. The molecule has 1 aliphatic heterocycles. The molecule has 3 rings (SSSR count). The van der Waals surface area contributed by atoms with Gasteiger partial charge in [-0.2, -0.15) is 0 Å². The van der Waals surface area contributed by atoms with E-state index >= 15 is 0 Å². The van der Waals surface area contributed by atoms with E-state index in [1.54, 1.807) is 0 Å². The second-order valence-electron chi connectivity index (χ2n) is 5.85. The first-order valence-corrected chi connectivity index (χ1v) is 8.55. The Bertz CT molecular complexity index is 617. The van der Waals surface area contributed by atoms with E-state index in [2.05, 4.69) is 21.4 Å². The van der Waals surface area contributed by atoms with Crippen molar-refractivity contribution in [1.29, 1.82) is 0 Å². The zero-order valence-electron chi connectivity index (χ0n) is 12.4. The van der Waals surface area contributed by atoms with Gasteiger partial charge >= 0.3 is 0 Å². The Kier molecular flexibility index (Phi) is 4.72. The van der Waals surface area contributed by atoms with Crippen LogP contribution in [-0.2, 0) is 5.88 Å². The Morgan fingerprint density at radius 1 is 1.24 bits per heavy atom. The third kappa shape index (κ3) is 3.05. The zero-order valence-corrected chi connectivity index (χ0v) is 13.9. The first-order valence-electron chi connectivity index (χ1n) is 7.64. The number of benzene rings is 1. The number of alkyl halides is 1. The fourth-order valence-corrected chi connectivity index (χ4v) is 3.77. The Morgan fingerprint density at radius 2 is 2.00 bits per heavy atom. The van der Waals surface area contributed by atoms with Crippen LogP contribution in [-0.4, -0.2) is 34.1 Å². The van der Waals surface area contributed by atoms with Crippen molar-refractivity contribution in [2.24, 2.45) is 0 Å². The Balaban J connectivity index is 1.93. The zero-order chi connectivity index (χ0) is 14.8. The summed E-state index contributed by atoms with van der Waals surface area (Å²) in [6.07, 6.45) is 3.97. The van der Waals surface area contributed by atoms with E-state index in [4.69, 9.17) is 23.2 Å². The first kappa shape index (κ1) is 15.1. The van der Waals surface area contributed by atoms with E-state index in [0.717, 1.165) is 28.4 Å². The van der Waals surface area contributed by atoms with Gasteiger partial charge in [-0.3, -0.25) is 0 Å². The second kappa shape index (κ2) is 6.55. The van der Waals surface area contributed by atoms with Gasteiger partial charge in [-0.1, -0.05) is 24.1 Å². The number of piperidine rings is 1. The minimum absolute atomic E-state index is 0.321. The van der Waals surface area contributed by atoms with Gasteiger partial charge in [0, 0.05) is 12.6 Å². The molecule has 1 aliphatic rings. The van der Waals surface area contributed by atoms with Crippen LogP contribution in [0, 0.1) is 0 Å². The van der Waals surface area contributed by atoms with E-state index in [-0.39, 0.29) is 0 Å². The van der Waals surface area contributed by atoms with Crippen LogP contribution in [0.5, 0.6) is 0 Å². The normalized spacial score (nSPS) is 18.2. The molecule has 21 heavy (non-hydrogen) atoms. The van der Waals surface area contributed by atoms with E-state index in [0.29, 0.717) is 11.9 Å². The molecule has 0 N–H and O–H groups in total. The van der Waals surface area contributed by atoms with Gasteiger partial charge in [0.05, 0.1) is 21.9 Å². The quantitative estimate of drug-likeness (QED) is 0.773. The number of para-hydroxylation sites is 1. The van der Waals surface area contributed by atoms with Gasteiger partial charge in [0.2, 0.25) is 0 Å². The summed E-state index contributed by atoms with van der Waals surface area (Å²) < 4.78 is 2.22. The van der Waals surface area contributed by atoms with Gasteiger partial charge in [-0.15, -0.1) is 11.6 Å². The van der Waals surface area contributed by atoms with Crippen LogP contribution < -0.4 is 0 Å². The average Bonchev–Trinajstić information content (AvgIpc) is 2.88. The summed E-state index contributed by atoms with van der Waals surface area (Å²) in [5.41, 5.74) is 1.95. The predicted octanol–water partition coefficient (Wildman–Crippen LogP) is 4.48. The number of fused-ring (bicyclic) bond motifs is 1. The van der Waals surface area contributed by atoms with E-state index < -0.39 is 0 Å². The van der Waals surface area contributed by atoms with Crippen LogP contribution >= 0.6 is 23.2 Å². The maximum atomic E-state index is 6.40. The number of nitrogens with zero attached hydrogens (tertiary/aromatic N) is 3. The molecule has 0 saturated carbocycles. The van der Waals surface area contributed by atoms with Crippen molar-refractivity contribution in [2.45, 2.75) is 38.1 Å². The largest absolute Gasteiger partial charge is 0.322 e. The molecule has 0 radical (unpaired) electrons. The summed E-state index contributed by atoms with van der Waals surface area (Å²) in [6.45, 7) is 5.65. The fraction of sp³-hybridized carbons (Fsp3) is 0.562. The molecule has 1 atom stereocenters. The topological polar surface area (TPSA) is 21.1 Å². The van der Waals surface area contributed by atoms with Crippen molar-refractivity contribution >= 4 is 34.2 Å². The Hall–Kier alpha value is -0.770. The third-order valence-electron chi connectivity index (χ3n) is 4.27. The van der Waals surface area contributed by atoms with Crippen molar-refractivity contribution < 1.29 is 0 Å². The molecule has 0 aliphatic carbocycles. The second-order valence-corrected chi connectivity index (χ2v) is 6.52. The van der Waals surface area contributed by atoms with E-state index in [9.17, 15) is 0 Å². The van der Waals surface area contributed by atoms with Gasteiger partial charge in [0.1, 0.15) is 5.82 Å². The summed E-state index contributed by atoms with van der Waals surface area (Å²) in [6, 6.07) is 6.19. The standard InChI is InChI=1S/C16H21Cl2N3/c1-12(11-20-8-3-2-4-9-20)21-15(10-17)19-14-7-5-6-13(18)16(14)21/h5-7,12H,2-4,8-11H2,1H3. The first-order chi connectivity index (χ1) is 10.2. The summed E-state index contributed by atoms with van der Waals surface area (Å²) in [5.74, 6) is 1.32. The van der Waals surface area contributed by atoms with Crippen LogP contribution in [0.25, 0.3) is 11.0 Å². The van der Waals surface area contributed by atoms with Crippen molar-refractivity contribution in [3.05, 3.63) is 29.0 Å². The summed E-state index contributed by atoms with van der Waals surface area (Å²) in [5, 5.41) is 0.752. The number of likely N-dealkylation sites (tertiary alicyclic amines) is 1. The molecule has 1 saturated heterocycles. The molecule has 2 heterocycles. The number of hydrogen-bond donors (Lipinski definition) is 0. The highest BCUT2D eigenvalue weighted by molar-refractivity contribution is 6.35. The number of aromatic nitrogens is 2. The summed E-state index contributed by atoms with van der Waals surface area (Å²) in [7, 11) is 0. The molecular formula is C16H21Cl2N3. The molecule has 0 bridgehead atoms. The van der Waals surface area contributed by atoms with Crippen LogP contribution in [0.1, 0.15) is 38.1 Å². The molecule has 0 spiro atoms. The van der Waals surface area contributed by atoms with Crippen LogP contribution in [0.3, 0.4) is 0 Å². The van der Waals surface area contributed by atoms with Crippen molar-refractivity contribution in [2.75, 3.05) is 19.6 Å².